The molecule has 0 radical (unpaired) electrons. The number of aromatic amines is 1. The van der Waals surface area contributed by atoms with E-state index in [1.807, 2.05) is 79.7 Å². The van der Waals surface area contributed by atoms with Crippen LogP contribution in [0.5, 0.6) is 5.75 Å². The van der Waals surface area contributed by atoms with Crippen LogP contribution in [0.15, 0.2) is 85.2 Å². The summed E-state index contributed by atoms with van der Waals surface area (Å²) in [5.41, 5.74) is 12.6. The van der Waals surface area contributed by atoms with E-state index in [4.69, 9.17) is 10.5 Å². The lowest BCUT2D eigenvalue weighted by atomic mass is 10.0. The van der Waals surface area contributed by atoms with E-state index < -0.39 is 0 Å². The van der Waals surface area contributed by atoms with Gasteiger partial charge in [0.15, 0.2) is 5.82 Å². The Bertz CT molecular complexity index is 1510. The van der Waals surface area contributed by atoms with Gasteiger partial charge in [0.1, 0.15) is 11.3 Å². The molecule has 37 heavy (non-hydrogen) atoms. The highest BCUT2D eigenvalue weighted by molar-refractivity contribution is 6.04. The molecule has 5 rings (SSSR count). The maximum absolute atomic E-state index is 12.4. The van der Waals surface area contributed by atoms with E-state index in [9.17, 15) is 4.79 Å². The number of urea groups is 1. The second-order valence-electron chi connectivity index (χ2n) is 8.80. The first kappa shape index (κ1) is 23.9. The number of hydrogen-bond acceptors (Lipinski definition) is 5. The number of rotatable bonds is 8. The molecule has 0 aliphatic rings. The molecular formula is C29H28N6O2. The van der Waals surface area contributed by atoms with Crippen molar-refractivity contribution in [2.45, 2.75) is 19.8 Å². The van der Waals surface area contributed by atoms with Gasteiger partial charge in [0.05, 0.1) is 12.0 Å². The van der Waals surface area contributed by atoms with Gasteiger partial charge in [-0.05, 0) is 90.6 Å². The van der Waals surface area contributed by atoms with Crippen molar-refractivity contribution in [3.63, 3.8) is 0 Å². The third kappa shape index (κ3) is 5.70. The molecule has 0 unspecified atom stereocenters. The largest absolute Gasteiger partial charge is 0.491 e. The van der Waals surface area contributed by atoms with E-state index in [1.54, 1.807) is 12.4 Å². The lowest BCUT2D eigenvalue weighted by Crippen LogP contribution is -2.19. The van der Waals surface area contributed by atoms with Gasteiger partial charge in [-0.15, -0.1) is 0 Å². The zero-order valence-corrected chi connectivity index (χ0v) is 20.5. The number of H-pyrrole nitrogens is 1. The number of nitrogens with two attached hydrogens (primary N) is 1. The van der Waals surface area contributed by atoms with Crippen molar-refractivity contribution in [1.29, 1.82) is 0 Å². The Hall–Kier alpha value is -4.85. The fourth-order valence-electron chi connectivity index (χ4n) is 4.25. The summed E-state index contributed by atoms with van der Waals surface area (Å²) in [6.07, 6.45) is 5.39. The summed E-state index contributed by atoms with van der Waals surface area (Å²) < 4.78 is 6.07. The minimum atomic E-state index is -0.301. The molecular weight excluding hydrogens is 464 g/mol. The van der Waals surface area contributed by atoms with Gasteiger partial charge in [0.2, 0.25) is 0 Å². The van der Waals surface area contributed by atoms with Gasteiger partial charge in [0, 0.05) is 23.8 Å². The Labute approximate surface area is 214 Å². The average Bonchev–Trinajstić information content (AvgIpc) is 3.30. The van der Waals surface area contributed by atoms with Gasteiger partial charge in [0.25, 0.3) is 0 Å². The number of amides is 2. The van der Waals surface area contributed by atoms with E-state index >= 15 is 0 Å². The SMILES string of the molecule is Cc1cccc(NC(=O)Nc2ccc(-c3ccc(OCCCc4ccncc4)c4[nH]nc(N)c34)cc2)c1. The Balaban J connectivity index is 1.26. The van der Waals surface area contributed by atoms with Gasteiger partial charge >= 0.3 is 6.03 Å². The molecule has 0 spiro atoms. The number of fused-ring (bicyclic) bond motifs is 1. The molecule has 5 aromatic rings. The van der Waals surface area contributed by atoms with Crippen LogP contribution >= 0.6 is 0 Å². The number of carbonyl (C=O) groups is 1. The molecule has 8 nitrogen and oxygen atoms in total. The number of nitrogens with zero attached hydrogens (tertiary/aromatic N) is 2. The van der Waals surface area contributed by atoms with E-state index in [0.717, 1.165) is 46.1 Å². The fraction of sp³-hybridized carbons (Fsp3) is 0.138. The monoisotopic (exact) mass is 492 g/mol. The highest BCUT2D eigenvalue weighted by atomic mass is 16.5. The van der Waals surface area contributed by atoms with Crippen molar-refractivity contribution in [3.05, 3.63) is 96.3 Å². The van der Waals surface area contributed by atoms with Gasteiger partial charge in [-0.25, -0.2) is 4.79 Å². The summed E-state index contributed by atoms with van der Waals surface area (Å²) in [6, 6.07) is 22.9. The summed E-state index contributed by atoms with van der Waals surface area (Å²) in [6.45, 7) is 2.55. The van der Waals surface area contributed by atoms with Crippen LogP contribution in [-0.2, 0) is 6.42 Å². The molecule has 0 fully saturated rings. The number of aromatic nitrogens is 3. The van der Waals surface area contributed by atoms with Crippen LogP contribution in [0.3, 0.4) is 0 Å². The standard InChI is InChI=1S/C29H28N6O2/c1-19-4-2-6-23(18-19)33-29(36)32-22-9-7-21(8-10-22)24-11-12-25(27-26(24)28(30)35-34-27)37-17-3-5-20-13-15-31-16-14-20/h2,4,6-16,18H,3,5,17H2,1H3,(H3,30,34,35)(H2,32,33,36). The van der Waals surface area contributed by atoms with Crippen molar-refractivity contribution < 1.29 is 9.53 Å². The smallest absolute Gasteiger partial charge is 0.323 e. The minimum absolute atomic E-state index is 0.301. The predicted octanol–water partition coefficient (Wildman–Crippen LogP) is 6.17. The number of ether oxygens (including phenoxy) is 1. The Kier molecular flexibility index (Phi) is 6.98. The molecule has 5 N–H and O–H groups in total. The van der Waals surface area contributed by atoms with E-state index in [-0.39, 0.29) is 6.03 Å². The quantitative estimate of drug-likeness (QED) is 0.193. The third-order valence-electron chi connectivity index (χ3n) is 6.06. The van der Waals surface area contributed by atoms with E-state index in [2.05, 4.69) is 25.8 Å². The molecule has 2 heterocycles. The normalized spacial score (nSPS) is 10.8. The second kappa shape index (κ2) is 10.8. The minimum Gasteiger partial charge on any atom is -0.491 e. The van der Waals surface area contributed by atoms with Crippen LogP contribution in [0.4, 0.5) is 22.0 Å². The van der Waals surface area contributed by atoms with Gasteiger partial charge < -0.3 is 21.1 Å². The number of hydrogen-bond donors (Lipinski definition) is 4. The number of anilines is 3. The number of nitrogen functional groups attached to an aromatic ring is 1. The fourth-order valence-corrected chi connectivity index (χ4v) is 4.25. The van der Waals surface area contributed by atoms with Gasteiger partial charge in [-0.3, -0.25) is 10.1 Å². The molecule has 8 heteroatoms. The number of benzene rings is 3. The second-order valence-corrected chi connectivity index (χ2v) is 8.80. The third-order valence-corrected chi connectivity index (χ3v) is 6.06. The number of pyridine rings is 1. The molecule has 0 aliphatic heterocycles. The van der Waals surface area contributed by atoms with E-state index in [1.165, 1.54) is 5.56 Å². The Morgan fingerprint density at radius 1 is 0.973 bits per heavy atom. The van der Waals surface area contributed by atoms with Gasteiger partial charge in [-0.1, -0.05) is 24.3 Å². The molecule has 2 aromatic heterocycles. The summed E-state index contributed by atoms with van der Waals surface area (Å²) in [5.74, 6) is 1.12. The molecule has 0 aliphatic carbocycles. The van der Waals surface area contributed by atoms with Crippen LogP contribution in [0.1, 0.15) is 17.5 Å². The lowest BCUT2D eigenvalue weighted by Gasteiger charge is -2.11. The average molecular weight is 493 g/mol. The molecule has 0 saturated heterocycles. The lowest BCUT2D eigenvalue weighted by molar-refractivity contribution is 0.262. The van der Waals surface area contributed by atoms with Crippen molar-refractivity contribution in [2.24, 2.45) is 0 Å². The first-order chi connectivity index (χ1) is 18.1. The summed E-state index contributed by atoms with van der Waals surface area (Å²) in [4.78, 5) is 16.4. The summed E-state index contributed by atoms with van der Waals surface area (Å²) >= 11 is 0. The van der Waals surface area contributed by atoms with Crippen LogP contribution in [-0.4, -0.2) is 27.8 Å². The molecule has 3 aromatic carbocycles. The van der Waals surface area contributed by atoms with Gasteiger partial charge in [-0.2, -0.15) is 5.10 Å². The number of carbonyl (C=O) groups excluding carboxylic acids is 1. The molecule has 2 amide bonds. The molecule has 0 bridgehead atoms. The molecule has 0 saturated carbocycles. The first-order valence-corrected chi connectivity index (χ1v) is 12.1. The maximum atomic E-state index is 12.4. The topological polar surface area (TPSA) is 118 Å². The Morgan fingerprint density at radius 2 is 1.76 bits per heavy atom. The van der Waals surface area contributed by atoms with Crippen molar-refractivity contribution >= 4 is 34.1 Å². The van der Waals surface area contributed by atoms with Crippen molar-refractivity contribution in [3.8, 4) is 16.9 Å². The number of nitrogens with one attached hydrogen (secondary N) is 3. The highest BCUT2D eigenvalue weighted by Gasteiger charge is 2.15. The van der Waals surface area contributed by atoms with Crippen LogP contribution in [0.2, 0.25) is 0 Å². The van der Waals surface area contributed by atoms with Crippen molar-refractivity contribution in [1.82, 2.24) is 15.2 Å². The first-order valence-electron chi connectivity index (χ1n) is 12.1. The van der Waals surface area contributed by atoms with Crippen LogP contribution in [0.25, 0.3) is 22.0 Å². The van der Waals surface area contributed by atoms with Crippen molar-refractivity contribution in [2.75, 3.05) is 23.0 Å². The highest BCUT2D eigenvalue weighted by Crippen LogP contribution is 2.37. The van der Waals surface area contributed by atoms with E-state index in [0.29, 0.717) is 23.9 Å². The molecule has 0 atom stereocenters. The Morgan fingerprint density at radius 3 is 2.54 bits per heavy atom. The summed E-state index contributed by atoms with van der Waals surface area (Å²) in [7, 11) is 0. The predicted molar refractivity (Wildman–Crippen MR) is 148 cm³/mol. The maximum Gasteiger partial charge on any atom is 0.323 e. The zero-order chi connectivity index (χ0) is 25.6. The number of aryl methyl sites for hydroxylation is 2. The molecule has 186 valence electrons. The van der Waals surface area contributed by atoms with Crippen LogP contribution < -0.4 is 21.1 Å². The zero-order valence-electron chi connectivity index (χ0n) is 20.5. The van der Waals surface area contributed by atoms with Crippen LogP contribution in [0, 0.1) is 6.92 Å². The summed E-state index contributed by atoms with van der Waals surface area (Å²) in [5, 5.41) is 13.8.